The minimum absolute atomic E-state index is 0.410. The molecule has 0 spiro atoms. The number of hydrogen-bond donors (Lipinski definition) is 0. The van der Waals surface area contributed by atoms with E-state index in [4.69, 9.17) is 11.6 Å². The van der Waals surface area contributed by atoms with E-state index in [2.05, 4.69) is 5.10 Å². The maximum absolute atomic E-state index is 11.4. The Balaban J connectivity index is 2.57. The molecule has 4 nitrogen and oxygen atoms in total. The molecule has 0 bridgehead atoms. The zero-order valence-corrected chi connectivity index (χ0v) is 10.7. The lowest BCUT2D eigenvalue weighted by Crippen LogP contribution is -2.26. The number of carbonyl (C=O) groups is 1. The molecule has 2 aromatic rings. The van der Waals surface area contributed by atoms with Gasteiger partial charge in [-0.05, 0) is 30.7 Å². The fourth-order valence-corrected chi connectivity index (χ4v) is 1.71. The monoisotopic (exact) mass is 262 g/mol. The first-order chi connectivity index (χ1) is 8.49. The van der Waals surface area contributed by atoms with Crippen LogP contribution in [0.15, 0.2) is 35.1 Å². The standard InChI is InChI=1S/C13H11ClN2O2/c1-8-7-10(3-4-11(8)14)12-5-6-13(18)16(15-12)9(2)17/h3-7H,1-2H3. The van der Waals surface area contributed by atoms with Crippen LogP contribution in [-0.2, 0) is 0 Å². The van der Waals surface area contributed by atoms with E-state index >= 15 is 0 Å². The van der Waals surface area contributed by atoms with Crippen molar-refractivity contribution in [3.63, 3.8) is 0 Å². The summed E-state index contributed by atoms with van der Waals surface area (Å²) in [6.07, 6.45) is 0. The molecule has 1 aromatic carbocycles. The van der Waals surface area contributed by atoms with Crippen LogP contribution in [0.4, 0.5) is 0 Å². The fourth-order valence-electron chi connectivity index (χ4n) is 1.59. The van der Waals surface area contributed by atoms with Gasteiger partial charge in [0.25, 0.3) is 5.56 Å². The molecule has 0 radical (unpaired) electrons. The number of aromatic nitrogens is 2. The van der Waals surface area contributed by atoms with Crippen LogP contribution in [0.25, 0.3) is 11.3 Å². The Morgan fingerprint density at radius 1 is 1.28 bits per heavy atom. The van der Waals surface area contributed by atoms with E-state index in [1.54, 1.807) is 18.2 Å². The topological polar surface area (TPSA) is 52.0 Å². The van der Waals surface area contributed by atoms with Gasteiger partial charge in [0.1, 0.15) is 0 Å². The largest absolute Gasteiger partial charge is 0.274 e. The third kappa shape index (κ3) is 2.33. The van der Waals surface area contributed by atoms with E-state index in [1.807, 2.05) is 13.0 Å². The lowest BCUT2D eigenvalue weighted by Gasteiger charge is -2.05. The van der Waals surface area contributed by atoms with Crippen molar-refractivity contribution in [2.45, 2.75) is 13.8 Å². The number of aryl methyl sites for hydroxylation is 1. The minimum atomic E-state index is -0.433. The summed E-state index contributed by atoms with van der Waals surface area (Å²) in [6.45, 7) is 3.18. The van der Waals surface area contributed by atoms with Gasteiger partial charge in [-0.25, -0.2) is 0 Å². The number of carbonyl (C=O) groups excluding carboxylic acids is 1. The molecule has 0 aliphatic carbocycles. The highest BCUT2D eigenvalue weighted by Gasteiger charge is 2.07. The van der Waals surface area contributed by atoms with Gasteiger partial charge in [-0.2, -0.15) is 9.78 Å². The molecular formula is C13H11ClN2O2. The van der Waals surface area contributed by atoms with E-state index in [9.17, 15) is 9.59 Å². The summed E-state index contributed by atoms with van der Waals surface area (Å²) in [5.41, 5.74) is 1.85. The Morgan fingerprint density at radius 2 is 2.00 bits per heavy atom. The molecule has 18 heavy (non-hydrogen) atoms. The summed E-state index contributed by atoms with van der Waals surface area (Å²) in [7, 11) is 0. The Bertz CT molecular complexity index is 677. The number of benzene rings is 1. The van der Waals surface area contributed by atoms with E-state index in [0.717, 1.165) is 15.8 Å². The van der Waals surface area contributed by atoms with Gasteiger partial charge in [0, 0.05) is 23.6 Å². The van der Waals surface area contributed by atoms with Crippen LogP contribution in [0.1, 0.15) is 17.3 Å². The summed E-state index contributed by atoms with van der Waals surface area (Å²) >= 11 is 5.95. The predicted molar refractivity (Wildman–Crippen MR) is 70.0 cm³/mol. The van der Waals surface area contributed by atoms with E-state index < -0.39 is 11.5 Å². The van der Waals surface area contributed by atoms with Crippen LogP contribution in [0, 0.1) is 6.92 Å². The van der Waals surface area contributed by atoms with Crippen molar-refractivity contribution in [1.29, 1.82) is 0 Å². The Hall–Kier alpha value is -1.94. The van der Waals surface area contributed by atoms with Gasteiger partial charge >= 0.3 is 0 Å². The third-order valence-electron chi connectivity index (χ3n) is 2.55. The first-order valence-corrected chi connectivity index (χ1v) is 5.74. The smallest absolute Gasteiger partial charge is 0.273 e. The van der Waals surface area contributed by atoms with Crippen LogP contribution in [0.5, 0.6) is 0 Å². The van der Waals surface area contributed by atoms with Gasteiger partial charge in [0.15, 0.2) is 0 Å². The molecule has 0 unspecified atom stereocenters. The van der Waals surface area contributed by atoms with Crippen molar-refractivity contribution >= 4 is 17.5 Å². The van der Waals surface area contributed by atoms with Crippen molar-refractivity contribution in [2.75, 3.05) is 0 Å². The molecule has 5 heteroatoms. The average Bonchev–Trinajstić information content (AvgIpc) is 2.33. The van der Waals surface area contributed by atoms with Gasteiger partial charge in [-0.1, -0.05) is 17.7 Å². The molecule has 0 saturated heterocycles. The number of hydrogen-bond acceptors (Lipinski definition) is 3. The summed E-state index contributed by atoms with van der Waals surface area (Å²) in [5, 5.41) is 4.69. The first-order valence-electron chi connectivity index (χ1n) is 5.37. The number of nitrogens with zero attached hydrogens (tertiary/aromatic N) is 2. The first kappa shape index (κ1) is 12.5. The Labute approximate surface area is 109 Å². The van der Waals surface area contributed by atoms with E-state index in [1.165, 1.54) is 13.0 Å². The molecule has 1 heterocycles. The summed E-state index contributed by atoms with van der Waals surface area (Å²) in [4.78, 5) is 22.7. The summed E-state index contributed by atoms with van der Waals surface area (Å²) < 4.78 is 0.847. The van der Waals surface area contributed by atoms with Gasteiger partial charge in [-0.3, -0.25) is 9.59 Å². The highest BCUT2D eigenvalue weighted by atomic mass is 35.5. The van der Waals surface area contributed by atoms with Crippen molar-refractivity contribution in [2.24, 2.45) is 0 Å². The molecule has 0 saturated carbocycles. The maximum Gasteiger partial charge on any atom is 0.274 e. The molecule has 92 valence electrons. The van der Waals surface area contributed by atoms with Crippen LogP contribution in [0.2, 0.25) is 5.02 Å². The fraction of sp³-hybridized carbons (Fsp3) is 0.154. The Kier molecular flexibility index (Phi) is 3.30. The highest BCUT2D eigenvalue weighted by Crippen LogP contribution is 2.22. The molecule has 0 fully saturated rings. The summed E-state index contributed by atoms with van der Waals surface area (Å²) in [6, 6.07) is 8.33. The van der Waals surface area contributed by atoms with Gasteiger partial charge < -0.3 is 0 Å². The predicted octanol–water partition coefficient (Wildman–Crippen LogP) is 2.53. The SMILES string of the molecule is CC(=O)n1nc(-c2ccc(Cl)c(C)c2)ccc1=O. The van der Waals surface area contributed by atoms with Crippen molar-refractivity contribution < 1.29 is 4.79 Å². The van der Waals surface area contributed by atoms with Crippen LogP contribution < -0.4 is 5.56 Å². The second-order valence-electron chi connectivity index (χ2n) is 3.95. The minimum Gasteiger partial charge on any atom is -0.273 e. The van der Waals surface area contributed by atoms with E-state index in [-0.39, 0.29) is 0 Å². The highest BCUT2D eigenvalue weighted by molar-refractivity contribution is 6.31. The number of halogens is 1. The molecule has 0 atom stereocenters. The van der Waals surface area contributed by atoms with Crippen molar-refractivity contribution in [3.05, 3.63) is 51.3 Å². The van der Waals surface area contributed by atoms with E-state index in [0.29, 0.717) is 10.7 Å². The summed E-state index contributed by atoms with van der Waals surface area (Å²) in [5.74, 6) is -0.410. The van der Waals surface area contributed by atoms with Crippen molar-refractivity contribution in [1.82, 2.24) is 9.78 Å². The molecule has 0 aliphatic heterocycles. The molecule has 0 N–H and O–H groups in total. The van der Waals surface area contributed by atoms with Crippen LogP contribution in [-0.4, -0.2) is 15.7 Å². The second-order valence-corrected chi connectivity index (χ2v) is 4.36. The third-order valence-corrected chi connectivity index (χ3v) is 2.98. The molecule has 1 aromatic heterocycles. The van der Waals surface area contributed by atoms with Gasteiger partial charge in [0.05, 0.1) is 5.69 Å². The zero-order valence-electron chi connectivity index (χ0n) is 9.98. The normalized spacial score (nSPS) is 10.4. The second kappa shape index (κ2) is 4.74. The average molecular weight is 263 g/mol. The maximum atomic E-state index is 11.4. The van der Waals surface area contributed by atoms with Crippen molar-refractivity contribution in [3.8, 4) is 11.3 Å². The van der Waals surface area contributed by atoms with Gasteiger partial charge in [0.2, 0.25) is 5.91 Å². The van der Waals surface area contributed by atoms with Gasteiger partial charge in [-0.15, -0.1) is 0 Å². The molecule has 0 amide bonds. The van der Waals surface area contributed by atoms with Crippen LogP contribution >= 0.6 is 11.6 Å². The molecule has 0 aliphatic rings. The Morgan fingerprint density at radius 3 is 2.61 bits per heavy atom. The quantitative estimate of drug-likeness (QED) is 0.794. The lowest BCUT2D eigenvalue weighted by molar-refractivity contribution is 0.0915. The van der Waals surface area contributed by atoms with Crippen LogP contribution in [0.3, 0.4) is 0 Å². The molecular weight excluding hydrogens is 252 g/mol. The lowest BCUT2D eigenvalue weighted by atomic mass is 10.1. The zero-order chi connectivity index (χ0) is 13.3. The molecule has 2 rings (SSSR count). The number of rotatable bonds is 1.